The molecule has 2 rings (SSSR count). The maximum Gasteiger partial charge on any atom is 0.238 e. The number of rotatable bonds is 3. The van der Waals surface area contributed by atoms with Crippen LogP contribution in [0.2, 0.25) is 5.02 Å². The maximum absolute atomic E-state index is 11.5. The van der Waals surface area contributed by atoms with Gasteiger partial charge in [-0.15, -0.1) is 0 Å². The molecule has 0 unspecified atom stereocenters. The van der Waals surface area contributed by atoms with Gasteiger partial charge in [0.2, 0.25) is 10.0 Å². The molecule has 5 nitrogen and oxygen atoms in total. The Morgan fingerprint density at radius 3 is 2.50 bits per heavy atom. The predicted molar refractivity (Wildman–Crippen MR) is 81.7 cm³/mol. The van der Waals surface area contributed by atoms with Crippen LogP contribution >= 0.6 is 11.6 Å². The quantitative estimate of drug-likeness (QED) is 0.759. The summed E-state index contributed by atoms with van der Waals surface area (Å²) in [5.74, 6) is 0. The zero-order chi connectivity index (χ0) is 14.9. The summed E-state index contributed by atoms with van der Waals surface area (Å²) in [6.45, 7) is 1.66. The van der Waals surface area contributed by atoms with Crippen molar-refractivity contribution in [2.24, 2.45) is 5.14 Å². The Labute approximate surface area is 122 Å². The van der Waals surface area contributed by atoms with E-state index in [0.29, 0.717) is 22.0 Å². The molecule has 0 aliphatic rings. The highest BCUT2D eigenvalue weighted by molar-refractivity contribution is 7.89. The molecule has 2 aromatic carbocycles. The first kappa shape index (κ1) is 14.6. The third-order valence-electron chi connectivity index (χ3n) is 2.79. The molecule has 5 N–H and O–H groups in total. The van der Waals surface area contributed by atoms with E-state index in [-0.39, 0.29) is 4.90 Å². The monoisotopic (exact) mass is 311 g/mol. The summed E-state index contributed by atoms with van der Waals surface area (Å²) in [5, 5.41) is 8.83. The Morgan fingerprint density at radius 2 is 1.90 bits per heavy atom. The highest BCUT2D eigenvalue weighted by Crippen LogP contribution is 2.29. The lowest BCUT2D eigenvalue weighted by molar-refractivity contribution is 0.597. The second-order valence-electron chi connectivity index (χ2n) is 4.37. The van der Waals surface area contributed by atoms with Crippen LogP contribution in [0.25, 0.3) is 0 Å². The maximum atomic E-state index is 11.5. The molecule has 0 radical (unpaired) electrons. The molecule has 0 saturated heterocycles. The molecule has 0 bridgehead atoms. The van der Waals surface area contributed by atoms with Crippen molar-refractivity contribution in [3.8, 4) is 0 Å². The summed E-state index contributed by atoms with van der Waals surface area (Å²) in [4.78, 5) is 0.00188. The molecular weight excluding hydrogens is 298 g/mol. The van der Waals surface area contributed by atoms with E-state index in [2.05, 4.69) is 5.32 Å². The summed E-state index contributed by atoms with van der Waals surface area (Å²) in [5.41, 5.74) is 7.83. The van der Waals surface area contributed by atoms with Gasteiger partial charge in [0.25, 0.3) is 0 Å². The van der Waals surface area contributed by atoms with E-state index in [4.69, 9.17) is 22.5 Å². The summed E-state index contributed by atoms with van der Waals surface area (Å²) < 4.78 is 23.1. The second-order valence-corrected chi connectivity index (χ2v) is 6.34. The highest BCUT2D eigenvalue weighted by atomic mass is 35.5. The number of hydrogen-bond acceptors (Lipinski definition) is 4. The lowest BCUT2D eigenvalue weighted by Crippen LogP contribution is -2.15. The molecule has 0 aromatic heterocycles. The minimum atomic E-state index is -3.83. The van der Waals surface area contributed by atoms with Crippen LogP contribution in [0.1, 0.15) is 5.56 Å². The molecule has 0 spiro atoms. The van der Waals surface area contributed by atoms with E-state index in [9.17, 15) is 8.42 Å². The number of primary sulfonamides is 1. The first-order chi connectivity index (χ1) is 9.27. The predicted octanol–water partition coefficient (Wildman–Crippen LogP) is 2.62. The van der Waals surface area contributed by atoms with Crippen molar-refractivity contribution in [1.82, 2.24) is 0 Å². The largest absolute Gasteiger partial charge is 0.399 e. The minimum absolute atomic E-state index is 0.00188. The Hall–Kier alpha value is -1.76. The van der Waals surface area contributed by atoms with E-state index in [0.717, 1.165) is 5.69 Å². The van der Waals surface area contributed by atoms with Crippen LogP contribution in [0.3, 0.4) is 0 Å². The lowest BCUT2D eigenvalue weighted by Gasteiger charge is -2.14. The Kier molecular flexibility index (Phi) is 3.89. The normalized spacial score (nSPS) is 11.3. The van der Waals surface area contributed by atoms with E-state index in [1.165, 1.54) is 6.07 Å². The number of nitrogen functional groups attached to an aromatic ring is 1. The van der Waals surface area contributed by atoms with Crippen molar-refractivity contribution >= 4 is 38.7 Å². The third-order valence-corrected chi connectivity index (χ3v) is 4.06. The van der Waals surface area contributed by atoms with Crippen molar-refractivity contribution in [3.63, 3.8) is 0 Å². The average Bonchev–Trinajstić information content (AvgIpc) is 2.32. The van der Waals surface area contributed by atoms with Gasteiger partial charge in [0.05, 0.1) is 4.90 Å². The van der Waals surface area contributed by atoms with Crippen LogP contribution < -0.4 is 16.2 Å². The molecule has 0 saturated carbocycles. The topological polar surface area (TPSA) is 98.2 Å². The molecule has 0 atom stereocenters. The number of sulfonamides is 1. The van der Waals surface area contributed by atoms with E-state index < -0.39 is 10.0 Å². The average molecular weight is 312 g/mol. The Balaban J connectivity index is 2.50. The Morgan fingerprint density at radius 1 is 1.20 bits per heavy atom. The van der Waals surface area contributed by atoms with Gasteiger partial charge in [-0.25, -0.2) is 13.6 Å². The van der Waals surface area contributed by atoms with E-state index >= 15 is 0 Å². The number of nitrogens with one attached hydrogen (secondary N) is 1. The van der Waals surface area contributed by atoms with Crippen LogP contribution in [0.15, 0.2) is 41.3 Å². The molecular formula is C13H14ClN3O2S. The molecule has 0 aliphatic heterocycles. The van der Waals surface area contributed by atoms with Crippen molar-refractivity contribution in [1.29, 1.82) is 0 Å². The number of anilines is 3. The minimum Gasteiger partial charge on any atom is -0.399 e. The summed E-state index contributed by atoms with van der Waals surface area (Å²) in [6, 6.07) is 10.0. The van der Waals surface area contributed by atoms with Gasteiger partial charge >= 0.3 is 0 Å². The fraction of sp³-hybridized carbons (Fsp3) is 0.0769. The lowest BCUT2D eigenvalue weighted by atomic mass is 10.1. The zero-order valence-corrected chi connectivity index (χ0v) is 12.3. The van der Waals surface area contributed by atoms with Crippen LogP contribution in [0.5, 0.6) is 0 Å². The first-order valence-corrected chi connectivity index (χ1v) is 7.65. The summed E-state index contributed by atoms with van der Waals surface area (Å²) in [7, 11) is -3.83. The SMILES string of the molecule is Cc1c(Nc2cccc(Cl)c2)cc(N)cc1S(N)(=O)=O. The first-order valence-electron chi connectivity index (χ1n) is 5.73. The Bertz CT molecular complexity index is 760. The van der Waals surface area contributed by atoms with Gasteiger partial charge in [0.15, 0.2) is 0 Å². The van der Waals surface area contributed by atoms with Gasteiger partial charge in [-0.2, -0.15) is 0 Å². The van der Waals surface area contributed by atoms with Gasteiger partial charge < -0.3 is 11.1 Å². The van der Waals surface area contributed by atoms with Crippen molar-refractivity contribution in [3.05, 3.63) is 47.0 Å². The molecule has 0 amide bonds. The fourth-order valence-electron chi connectivity index (χ4n) is 1.86. The number of nitrogens with two attached hydrogens (primary N) is 2. The van der Waals surface area contributed by atoms with Crippen LogP contribution in [-0.2, 0) is 10.0 Å². The number of benzene rings is 2. The van der Waals surface area contributed by atoms with Crippen LogP contribution in [0.4, 0.5) is 17.1 Å². The molecule has 106 valence electrons. The van der Waals surface area contributed by atoms with Gasteiger partial charge in [-0.1, -0.05) is 17.7 Å². The van der Waals surface area contributed by atoms with Gasteiger partial charge in [0.1, 0.15) is 0 Å². The molecule has 2 aromatic rings. The summed E-state index contributed by atoms with van der Waals surface area (Å²) >= 11 is 5.91. The third kappa shape index (κ3) is 3.22. The molecule has 7 heteroatoms. The standard InChI is InChI=1S/C13H14ClN3O2S/c1-8-12(17-11-4-2-3-9(14)5-11)6-10(15)7-13(8)20(16,18)19/h2-7,17H,15H2,1H3,(H2,16,18,19). The molecule has 0 fully saturated rings. The highest BCUT2D eigenvalue weighted by Gasteiger charge is 2.15. The molecule has 20 heavy (non-hydrogen) atoms. The molecule has 0 heterocycles. The second kappa shape index (κ2) is 5.32. The number of hydrogen-bond donors (Lipinski definition) is 3. The summed E-state index contributed by atoms with van der Waals surface area (Å²) in [6.07, 6.45) is 0. The van der Waals surface area contributed by atoms with Crippen molar-refractivity contribution in [2.75, 3.05) is 11.1 Å². The van der Waals surface area contributed by atoms with Gasteiger partial charge in [0, 0.05) is 22.1 Å². The van der Waals surface area contributed by atoms with Crippen LogP contribution in [0, 0.1) is 6.92 Å². The van der Waals surface area contributed by atoms with Gasteiger partial charge in [-0.3, -0.25) is 0 Å². The molecule has 0 aliphatic carbocycles. The van der Waals surface area contributed by atoms with Gasteiger partial charge in [-0.05, 0) is 42.8 Å². The smallest absolute Gasteiger partial charge is 0.238 e. The van der Waals surface area contributed by atoms with E-state index in [1.807, 2.05) is 6.07 Å². The van der Waals surface area contributed by atoms with Crippen molar-refractivity contribution in [2.45, 2.75) is 11.8 Å². The van der Waals surface area contributed by atoms with Crippen molar-refractivity contribution < 1.29 is 8.42 Å². The zero-order valence-electron chi connectivity index (χ0n) is 10.7. The fourth-order valence-corrected chi connectivity index (χ4v) is 2.88. The number of halogens is 1. The van der Waals surface area contributed by atoms with Crippen LogP contribution in [-0.4, -0.2) is 8.42 Å². The van der Waals surface area contributed by atoms with E-state index in [1.54, 1.807) is 31.2 Å².